The largest absolute Gasteiger partial charge is 0.478 e. The van der Waals surface area contributed by atoms with E-state index in [1.165, 1.54) is 0 Å². The van der Waals surface area contributed by atoms with Crippen LogP contribution in [0.15, 0.2) is 35.3 Å². The van der Waals surface area contributed by atoms with Gasteiger partial charge >= 0.3 is 5.97 Å². The van der Waals surface area contributed by atoms with Crippen molar-refractivity contribution >= 4 is 17.7 Å². The average Bonchev–Trinajstić information content (AvgIpc) is 2.49. The standard InChI is InChI=1S/C9H8O2S/c10-9(11)7-3-1-2-6-4-5-12-8(6)7/h1-6,8H,(H,10,11). The molecule has 0 spiro atoms. The smallest absolute Gasteiger partial charge is 0.332 e. The molecule has 1 N–H and O–H groups in total. The summed E-state index contributed by atoms with van der Waals surface area (Å²) in [4.78, 5) is 10.8. The molecule has 1 heterocycles. The first kappa shape index (κ1) is 7.68. The summed E-state index contributed by atoms with van der Waals surface area (Å²) in [5, 5.41) is 10.9. The number of hydrogen-bond acceptors (Lipinski definition) is 2. The maximum atomic E-state index is 10.8. The highest BCUT2D eigenvalue weighted by atomic mass is 32.2. The average molecular weight is 180 g/mol. The van der Waals surface area contributed by atoms with Gasteiger partial charge in [-0.3, -0.25) is 0 Å². The number of aliphatic carboxylic acids is 1. The van der Waals surface area contributed by atoms with Gasteiger partial charge in [-0.2, -0.15) is 0 Å². The van der Waals surface area contributed by atoms with Crippen molar-refractivity contribution in [2.75, 3.05) is 0 Å². The number of hydrogen-bond donors (Lipinski definition) is 1. The van der Waals surface area contributed by atoms with E-state index in [9.17, 15) is 4.79 Å². The Morgan fingerprint density at radius 3 is 3.08 bits per heavy atom. The van der Waals surface area contributed by atoms with E-state index in [1.807, 2.05) is 23.6 Å². The molecule has 0 aromatic heterocycles. The van der Waals surface area contributed by atoms with Crippen LogP contribution >= 0.6 is 11.8 Å². The minimum absolute atomic E-state index is 0.104. The summed E-state index contributed by atoms with van der Waals surface area (Å²) in [6.07, 6.45) is 7.58. The molecule has 2 unspecified atom stereocenters. The third-order valence-electron chi connectivity index (χ3n) is 2.04. The summed E-state index contributed by atoms with van der Waals surface area (Å²) in [7, 11) is 0. The molecule has 3 heteroatoms. The molecule has 0 saturated carbocycles. The number of thioether (sulfide) groups is 1. The molecule has 0 radical (unpaired) electrons. The zero-order valence-corrected chi connectivity index (χ0v) is 7.12. The Labute approximate surface area is 74.7 Å². The van der Waals surface area contributed by atoms with Crippen LogP contribution in [0.25, 0.3) is 0 Å². The lowest BCUT2D eigenvalue weighted by Crippen LogP contribution is -2.20. The van der Waals surface area contributed by atoms with E-state index in [4.69, 9.17) is 5.11 Å². The predicted molar refractivity (Wildman–Crippen MR) is 48.9 cm³/mol. The van der Waals surface area contributed by atoms with Crippen LogP contribution in [-0.4, -0.2) is 16.3 Å². The van der Waals surface area contributed by atoms with E-state index in [0.717, 1.165) is 0 Å². The lowest BCUT2D eigenvalue weighted by atomic mass is 9.94. The van der Waals surface area contributed by atoms with Crippen molar-refractivity contribution < 1.29 is 9.90 Å². The zero-order chi connectivity index (χ0) is 8.55. The Morgan fingerprint density at radius 1 is 1.50 bits per heavy atom. The van der Waals surface area contributed by atoms with E-state index >= 15 is 0 Å². The van der Waals surface area contributed by atoms with Crippen LogP contribution in [0.2, 0.25) is 0 Å². The van der Waals surface area contributed by atoms with E-state index in [2.05, 4.69) is 0 Å². The number of allylic oxidation sites excluding steroid dienone is 4. The molecule has 2 rings (SSSR count). The van der Waals surface area contributed by atoms with E-state index < -0.39 is 5.97 Å². The molecule has 0 amide bonds. The Morgan fingerprint density at radius 2 is 2.33 bits per heavy atom. The molecule has 62 valence electrons. The molecule has 0 aromatic rings. The fraction of sp³-hybridized carbons (Fsp3) is 0.222. The molecule has 1 aliphatic carbocycles. The van der Waals surface area contributed by atoms with Gasteiger partial charge in [-0.15, -0.1) is 11.8 Å². The highest BCUT2D eigenvalue weighted by Crippen LogP contribution is 2.37. The van der Waals surface area contributed by atoms with Crippen LogP contribution in [-0.2, 0) is 4.79 Å². The van der Waals surface area contributed by atoms with E-state index in [1.54, 1.807) is 17.8 Å². The van der Waals surface area contributed by atoms with Crippen LogP contribution in [0.3, 0.4) is 0 Å². The lowest BCUT2D eigenvalue weighted by molar-refractivity contribution is -0.132. The van der Waals surface area contributed by atoms with Crippen LogP contribution in [0.4, 0.5) is 0 Å². The summed E-state index contributed by atoms with van der Waals surface area (Å²) in [5.74, 6) is -0.517. The van der Waals surface area contributed by atoms with Crippen molar-refractivity contribution in [2.45, 2.75) is 5.25 Å². The summed E-state index contributed by atoms with van der Waals surface area (Å²) >= 11 is 1.58. The number of carbonyl (C=O) groups is 1. The van der Waals surface area contributed by atoms with Crippen molar-refractivity contribution in [3.05, 3.63) is 35.3 Å². The zero-order valence-electron chi connectivity index (χ0n) is 6.31. The van der Waals surface area contributed by atoms with Crippen LogP contribution in [0, 0.1) is 5.92 Å². The third kappa shape index (κ3) is 1.10. The lowest BCUT2D eigenvalue weighted by Gasteiger charge is -2.18. The topological polar surface area (TPSA) is 37.3 Å². The molecule has 12 heavy (non-hydrogen) atoms. The van der Waals surface area contributed by atoms with Crippen molar-refractivity contribution in [1.82, 2.24) is 0 Å². The highest BCUT2D eigenvalue weighted by molar-refractivity contribution is 8.03. The van der Waals surface area contributed by atoms with Crippen molar-refractivity contribution in [1.29, 1.82) is 0 Å². The van der Waals surface area contributed by atoms with Crippen LogP contribution in [0.1, 0.15) is 0 Å². The van der Waals surface area contributed by atoms with Crippen molar-refractivity contribution in [3.8, 4) is 0 Å². The molecular weight excluding hydrogens is 172 g/mol. The summed E-state index contributed by atoms with van der Waals surface area (Å²) in [6.45, 7) is 0. The van der Waals surface area contributed by atoms with Gasteiger partial charge in [0.05, 0.1) is 10.8 Å². The second-order valence-corrected chi connectivity index (χ2v) is 3.83. The SMILES string of the molecule is O=C(O)C1=CC=CC2C=CSC12. The Hall–Kier alpha value is -0.960. The Balaban J connectivity index is 2.30. The molecule has 0 bridgehead atoms. The van der Waals surface area contributed by atoms with Gasteiger partial charge in [0, 0.05) is 5.92 Å². The normalized spacial score (nSPS) is 31.5. The quantitative estimate of drug-likeness (QED) is 0.668. The van der Waals surface area contributed by atoms with Gasteiger partial charge in [0.15, 0.2) is 0 Å². The molecule has 1 aliphatic heterocycles. The monoisotopic (exact) mass is 180 g/mol. The third-order valence-corrected chi connectivity index (χ3v) is 3.21. The number of rotatable bonds is 1. The molecule has 0 aromatic carbocycles. The number of fused-ring (bicyclic) bond motifs is 1. The number of carboxylic acids is 1. The van der Waals surface area contributed by atoms with Crippen LogP contribution < -0.4 is 0 Å². The molecule has 0 fully saturated rings. The van der Waals surface area contributed by atoms with E-state index in [-0.39, 0.29) is 11.2 Å². The second kappa shape index (κ2) is 2.83. The Kier molecular flexibility index (Phi) is 1.81. The van der Waals surface area contributed by atoms with Gasteiger partial charge < -0.3 is 5.11 Å². The van der Waals surface area contributed by atoms with Gasteiger partial charge in [0.25, 0.3) is 0 Å². The minimum Gasteiger partial charge on any atom is -0.478 e. The van der Waals surface area contributed by atoms with Gasteiger partial charge in [-0.05, 0) is 5.41 Å². The summed E-state index contributed by atoms with van der Waals surface area (Å²) in [6, 6.07) is 0. The fourth-order valence-corrected chi connectivity index (χ4v) is 2.56. The minimum atomic E-state index is -0.800. The predicted octanol–water partition coefficient (Wildman–Crippen LogP) is 1.81. The van der Waals surface area contributed by atoms with Gasteiger partial charge in [-0.1, -0.05) is 24.3 Å². The van der Waals surface area contributed by atoms with Crippen molar-refractivity contribution in [3.63, 3.8) is 0 Å². The van der Waals surface area contributed by atoms with Gasteiger partial charge in [0.1, 0.15) is 0 Å². The van der Waals surface area contributed by atoms with Gasteiger partial charge in [-0.25, -0.2) is 4.79 Å². The first-order valence-electron chi connectivity index (χ1n) is 3.73. The molecule has 2 aliphatic rings. The maximum Gasteiger partial charge on any atom is 0.332 e. The number of carboxylic acid groups (broad SMARTS) is 1. The highest BCUT2D eigenvalue weighted by Gasteiger charge is 2.30. The molecular formula is C9H8O2S. The van der Waals surface area contributed by atoms with E-state index in [0.29, 0.717) is 5.57 Å². The second-order valence-electron chi connectivity index (χ2n) is 2.77. The van der Waals surface area contributed by atoms with Crippen LogP contribution in [0.5, 0.6) is 0 Å². The summed E-state index contributed by atoms with van der Waals surface area (Å²) in [5.41, 5.74) is 0.512. The Bertz CT molecular complexity index is 302. The first-order valence-corrected chi connectivity index (χ1v) is 4.67. The van der Waals surface area contributed by atoms with Gasteiger partial charge in [0.2, 0.25) is 0 Å². The molecule has 0 saturated heterocycles. The molecule has 2 nitrogen and oxygen atoms in total. The van der Waals surface area contributed by atoms with Crippen molar-refractivity contribution in [2.24, 2.45) is 5.92 Å². The maximum absolute atomic E-state index is 10.8. The fourth-order valence-electron chi connectivity index (χ4n) is 1.43. The first-order chi connectivity index (χ1) is 5.79. The summed E-state index contributed by atoms with van der Waals surface area (Å²) < 4.78 is 0. The molecule has 2 atom stereocenters.